The van der Waals surface area contributed by atoms with Crippen LogP contribution in [-0.4, -0.2) is 31.0 Å². The van der Waals surface area contributed by atoms with Gasteiger partial charge in [-0.1, -0.05) is 13.3 Å². The smallest absolute Gasteiger partial charge is 0.389 e. The highest BCUT2D eigenvalue weighted by Crippen LogP contribution is 2.32. The van der Waals surface area contributed by atoms with Crippen LogP contribution in [0.15, 0.2) is 18.2 Å². The van der Waals surface area contributed by atoms with E-state index >= 15 is 0 Å². The Morgan fingerprint density at radius 3 is 2.67 bits per heavy atom. The Balaban J connectivity index is 2.48. The van der Waals surface area contributed by atoms with Crippen LogP contribution in [0.25, 0.3) is 0 Å². The van der Waals surface area contributed by atoms with Crippen LogP contribution in [0.2, 0.25) is 0 Å². The summed E-state index contributed by atoms with van der Waals surface area (Å²) in [5, 5.41) is 12.2. The molecule has 0 spiro atoms. The first-order chi connectivity index (χ1) is 9.84. The minimum absolute atomic E-state index is 0.0229. The third-order valence-corrected chi connectivity index (χ3v) is 2.77. The number of nitrogens with one attached hydrogen (secondary N) is 1. The van der Waals surface area contributed by atoms with Crippen molar-refractivity contribution in [3.05, 3.63) is 29.6 Å². The Morgan fingerprint density at radius 1 is 1.33 bits per heavy atom. The van der Waals surface area contributed by atoms with E-state index in [1.807, 2.05) is 6.92 Å². The van der Waals surface area contributed by atoms with Crippen LogP contribution < -0.4 is 5.32 Å². The predicted molar refractivity (Wildman–Crippen MR) is 71.6 cm³/mol. The average Bonchev–Trinajstić information content (AvgIpc) is 2.41. The summed E-state index contributed by atoms with van der Waals surface area (Å²) in [5.41, 5.74) is -1.24. The molecule has 120 valence electrons. The van der Waals surface area contributed by atoms with Crippen molar-refractivity contribution in [3.8, 4) is 0 Å². The Labute approximate surface area is 120 Å². The molecule has 0 radical (unpaired) electrons. The summed E-state index contributed by atoms with van der Waals surface area (Å²) >= 11 is 0. The summed E-state index contributed by atoms with van der Waals surface area (Å²) in [6.45, 7) is 2.66. The largest absolute Gasteiger partial charge is 0.419 e. The van der Waals surface area contributed by atoms with Crippen molar-refractivity contribution in [2.45, 2.75) is 32.0 Å². The molecule has 3 nitrogen and oxygen atoms in total. The number of hydrogen-bond donors (Lipinski definition) is 2. The van der Waals surface area contributed by atoms with E-state index in [0.29, 0.717) is 12.7 Å². The Hall–Kier alpha value is -1.34. The number of hydrogen-bond acceptors (Lipinski definition) is 3. The van der Waals surface area contributed by atoms with Gasteiger partial charge in [0.2, 0.25) is 0 Å². The van der Waals surface area contributed by atoms with Gasteiger partial charge < -0.3 is 15.2 Å². The third-order valence-electron chi connectivity index (χ3n) is 2.77. The van der Waals surface area contributed by atoms with E-state index < -0.39 is 23.7 Å². The third kappa shape index (κ3) is 6.31. The Morgan fingerprint density at radius 2 is 2.05 bits per heavy atom. The summed E-state index contributed by atoms with van der Waals surface area (Å²) in [7, 11) is 0. The topological polar surface area (TPSA) is 41.5 Å². The molecule has 0 heterocycles. The second-order valence-corrected chi connectivity index (χ2v) is 4.66. The van der Waals surface area contributed by atoms with Crippen LogP contribution in [-0.2, 0) is 10.9 Å². The first-order valence-corrected chi connectivity index (χ1v) is 6.71. The minimum atomic E-state index is -4.75. The van der Waals surface area contributed by atoms with Crippen LogP contribution in [0.4, 0.5) is 23.2 Å². The molecule has 0 saturated heterocycles. The van der Waals surface area contributed by atoms with E-state index in [9.17, 15) is 22.7 Å². The van der Waals surface area contributed by atoms with Gasteiger partial charge in [-0.15, -0.1) is 0 Å². The average molecular weight is 309 g/mol. The highest BCUT2D eigenvalue weighted by molar-refractivity contribution is 5.47. The van der Waals surface area contributed by atoms with Crippen molar-refractivity contribution >= 4 is 5.69 Å². The molecule has 1 aromatic carbocycles. The number of halogens is 4. The van der Waals surface area contributed by atoms with Gasteiger partial charge in [0.05, 0.1) is 18.3 Å². The highest BCUT2D eigenvalue weighted by Gasteiger charge is 2.34. The minimum Gasteiger partial charge on any atom is -0.389 e. The summed E-state index contributed by atoms with van der Waals surface area (Å²) in [4.78, 5) is 0. The maximum absolute atomic E-state index is 13.1. The molecule has 21 heavy (non-hydrogen) atoms. The van der Waals surface area contributed by atoms with E-state index in [1.54, 1.807) is 0 Å². The molecule has 2 N–H and O–H groups in total. The van der Waals surface area contributed by atoms with Gasteiger partial charge in [0, 0.05) is 18.8 Å². The molecule has 0 aliphatic rings. The number of ether oxygens (including phenoxy) is 1. The number of anilines is 1. The van der Waals surface area contributed by atoms with Gasteiger partial charge in [0.15, 0.2) is 0 Å². The van der Waals surface area contributed by atoms with Crippen molar-refractivity contribution in [1.82, 2.24) is 0 Å². The van der Waals surface area contributed by atoms with Crippen LogP contribution in [0, 0.1) is 5.82 Å². The normalized spacial score (nSPS) is 13.2. The van der Waals surface area contributed by atoms with Crippen molar-refractivity contribution in [2.75, 3.05) is 25.1 Å². The fraction of sp³-hybridized carbons (Fsp3) is 0.571. The lowest BCUT2D eigenvalue weighted by Gasteiger charge is -2.15. The van der Waals surface area contributed by atoms with Crippen molar-refractivity contribution in [3.63, 3.8) is 0 Å². The number of benzene rings is 1. The molecular formula is C14H19F4NO2. The summed E-state index contributed by atoms with van der Waals surface area (Å²) in [5.74, 6) is -1.32. The van der Waals surface area contributed by atoms with Crippen LogP contribution >= 0.6 is 0 Å². The van der Waals surface area contributed by atoms with E-state index in [0.717, 1.165) is 18.9 Å². The number of rotatable bonds is 8. The SMILES string of the molecule is CCCCOCC(O)CNc1ccc(F)c(C(F)(F)F)c1. The Kier molecular flexibility index (Phi) is 6.91. The molecule has 0 aliphatic carbocycles. The van der Waals surface area contributed by atoms with Crippen LogP contribution in [0.3, 0.4) is 0 Å². The molecule has 7 heteroatoms. The van der Waals surface area contributed by atoms with Crippen LogP contribution in [0.5, 0.6) is 0 Å². The van der Waals surface area contributed by atoms with E-state index in [1.165, 1.54) is 6.07 Å². The van der Waals surface area contributed by atoms with Crippen molar-refractivity contribution in [2.24, 2.45) is 0 Å². The lowest BCUT2D eigenvalue weighted by atomic mass is 10.1. The standard InChI is InChI=1S/C14H19F4NO2/c1-2-3-6-21-9-11(20)8-19-10-4-5-13(15)12(7-10)14(16,17)18/h4-5,7,11,19-20H,2-3,6,8-9H2,1H3. The van der Waals surface area contributed by atoms with Gasteiger partial charge in [-0.2, -0.15) is 13.2 Å². The maximum atomic E-state index is 13.1. The fourth-order valence-electron chi connectivity index (χ4n) is 1.61. The predicted octanol–water partition coefficient (Wildman–Crippen LogP) is 3.43. The summed E-state index contributed by atoms with van der Waals surface area (Å²) < 4.78 is 55.9. The molecule has 0 amide bonds. The first-order valence-electron chi connectivity index (χ1n) is 6.71. The van der Waals surface area contributed by atoms with E-state index in [4.69, 9.17) is 4.74 Å². The van der Waals surface area contributed by atoms with E-state index in [-0.39, 0.29) is 18.8 Å². The molecule has 1 atom stereocenters. The molecule has 0 fully saturated rings. The van der Waals surface area contributed by atoms with Gasteiger partial charge in [0.1, 0.15) is 5.82 Å². The fourth-order valence-corrected chi connectivity index (χ4v) is 1.61. The van der Waals surface area contributed by atoms with Gasteiger partial charge in [-0.3, -0.25) is 0 Å². The number of alkyl halides is 3. The van der Waals surface area contributed by atoms with Crippen molar-refractivity contribution in [1.29, 1.82) is 0 Å². The molecular weight excluding hydrogens is 290 g/mol. The molecule has 1 aromatic rings. The number of unbranched alkanes of at least 4 members (excludes halogenated alkanes) is 1. The highest BCUT2D eigenvalue weighted by atomic mass is 19.4. The maximum Gasteiger partial charge on any atom is 0.419 e. The second kappa shape index (κ2) is 8.19. The molecule has 0 aliphatic heterocycles. The molecule has 1 unspecified atom stereocenters. The van der Waals surface area contributed by atoms with Crippen LogP contribution in [0.1, 0.15) is 25.3 Å². The summed E-state index contributed by atoms with van der Waals surface area (Å²) in [6.07, 6.45) is -3.73. The molecule has 1 rings (SSSR count). The lowest BCUT2D eigenvalue weighted by Crippen LogP contribution is -2.25. The van der Waals surface area contributed by atoms with E-state index in [2.05, 4.69) is 5.32 Å². The van der Waals surface area contributed by atoms with Gasteiger partial charge >= 0.3 is 6.18 Å². The first kappa shape index (κ1) is 17.7. The zero-order valence-electron chi connectivity index (χ0n) is 11.7. The quantitative estimate of drug-likeness (QED) is 0.571. The number of aliphatic hydroxyl groups excluding tert-OH is 1. The second-order valence-electron chi connectivity index (χ2n) is 4.66. The molecule has 0 bridgehead atoms. The monoisotopic (exact) mass is 309 g/mol. The Bertz CT molecular complexity index is 437. The zero-order chi connectivity index (χ0) is 15.9. The molecule has 0 aromatic heterocycles. The van der Waals surface area contributed by atoms with Gasteiger partial charge in [-0.05, 0) is 24.6 Å². The number of aliphatic hydroxyl groups is 1. The van der Waals surface area contributed by atoms with Gasteiger partial charge in [-0.25, -0.2) is 4.39 Å². The molecule has 0 saturated carbocycles. The van der Waals surface area contributed by atoms with Gasteiger partial charge in [0.25, 0.3) is 0 Å². The zero-order valence-corrected chi connectivity index (χ0v) is 11.7. The lowest BCUT2D eigenvalue weighted by molar-refractivity contribution is -0.139. The summed E-state index contributed by atoms with van der Waals surface area (Å²) in [6, 6.07) is 2.62. The van der Waals surface area contributed by atoms with Crippen molar-refractivity contribution < 1.29 is 27.4 Å².